The van der Waals surface area contributed by atoms with Crippen molar-refractivity contribution < 1.29 is 14.6 Å². The van der Waals surface area contributed by atoms with Gasteiger partial charge in [-0.3, -0.25) is 4.79 Å². The SMILES string of the molecule is CC(C)C(N)=P(O)(O)C(=O)NCc1ccccc1. The summed E-state index contributed by atoms with van der Waals surface area (Å²) in [5, 5.41) is 2.48. The minimum absolute atomic E-state index is 0.0620. The van der Waals surface area contributed by atoms with E-state index in [1.165, 1.54) is 0 Å². The van der Waals surface area contributed by atoms with Crippen LogP contribution < -0.4 is 11.1 Å². The molecule has 1 aromatic rings. The van der Waals surface area contributed by atoms with E-state index < -0.39 is 13.0 Å². The zero-order chi connectivity index (χ0) is 13.8. The standard InChI is InChI=1S/C12H19N2O3P/c1-9(2)11(13)18(16,17)12(15)14-8-10-6-4-3-5-7-10/h3-7,9,16-17H,8,13H2,1-2H3,(H,14,15). The van der Waals surface area contributed by atoms with Crippen LogP contribution in [0.1, 0.15) is 19.4 Å². The van der Waals surface area contributed by atoms with E-state index in [1.54, 1.807) is 13.8 Å². The van der Waals surface area contributed by atoms with E-state index in [0.29, 0.717) is 0 Å². The molecule has 0 unspecified atom stereocenters. The van der Waals surface area contributed by atoms with Crippen molar-refractivity contribution >= 4 is 18.4 Å². The van der Waals surface area contributed by atoms with Crippen molar-refractivity contribution in [1.29, 1.82) is 0 Å². The fraction of sp³-hybridized carbons (Fsp3) is 0.333. The summed E-state index contributed by atoms with van der Waals surface area (Å²) < 4.78 is 0. The first-order valence-electron chi connectivity index (χ1n) is 5.65. The Bertz CT molecular complexity index is 465. The van der Waals surface area contributed by atoms with Gasteiger partial charge in [-0.25, -0.2) is 0 Å². The van der Waals surface area contributed by atoms with Crippen molar-refractivity contribution in [3.63, 3.8) is 0 Å². The Kier molecular flexibility index (Phi) is 5.11. The molecule has 100 valence electrons. The van der Waals surface area contributed by atoms with Crippen LogP contribution in [0.4, 0.5) is 4.79 Å². The third-order valence-corrected chi connectivity index (χ3v) is 4.48. The van der Waals surface area contributed by atoms with Gasteiger partial charge in [-0.05, 0) is 11.5 Å². The van der Waals surface area contributed by atoms with Gasteiger partial charge in [0.15, 0.2) is 0 Å². The summed E-state index contributed by atoms with van der Waals surface area (Å²) in [6, 6.07) is 9.23. The largest absolute Gasteiger partial charge is 0.346 e. The van der Waals surface area contributed by atoms with Crippen LogP contribution in [0.15, 0.2) is 30.3 Å². The molecule has 1 aromatic carbocycles. The third kappa shape index (κ3) is 3.68. The smallest absolute Gasteiger partial charge is 0.294 e. The monoisotopic (exact) mass is 270 g/mol. The summed E-state index contributed by atoms with van der Waals surface area (Å²) in [4.78, 5) is 31.3. The van der Waals surface area contributed by atoms with Gasteiger partial charge in [-0.15, -0.1) is 0 Å². The van der Waals surface area contributed by atoms with E-state index in [0.717, 1.165) is 5.56 Å². The van der Waals surface area contributed by atoms with Crippen LogP contribution in [0.3, 0.4) is 0 Å². The molecule has 0 atom stereocenters. The van der Waals surface area contributed by atoms with Crippen LogP contribution in [0.25, 0.3) is 0 Å². The Morgan fingerprint density at radius 1 is 1.33 bits per heavy atom. The average molecular weight is 270 g/mol. The van der Waals surface area contributed by atoms with Crippen molar-refractivity contribution in [1.82, 2.24) is 5.32 Å². The third-order valence-electron chi connectivity index (χ3n) is 2.52. The molecular weight excluding hydrogens is 251 g/mol. The predicted octanol–water partition coefficient (Wildman–Crippen LogP) is 1.47. The zero-order valence-corrected chi connectivity index (χ0v) is 11.4. The maximum atomic E-state index is 11.7. The highest BCUT2D eigenvalue weighted by Crippen LogP contribution is 2.40. The highest BCUT2D eigenvalue weighted by atomic mass is 31.2. The van der Waals surface area contributed by atoms with Gasteiger partial charge in [0.25, 0.3) is 5.65 Å². The lowest BCUT2D eigenvalue weighted by Gasteiger charge is -2.18. The van der Waals surface area contributed by atoms with Gasteiger partial charge in [0, 0.05) is 12.0 Å². The number of hydrogen-bond acceptors (Lipinski definition) is 3. The topological polar surface area (TPSA) is 95.6 Å². The number of carbonyl (C=O) groups excluding carboxylic acids is 1. The Morgan fingerprint density at radius 2 is 1.89 bits per heavy atom. The van der Waals surface area contributed by atoms with E-state index in [4.69, 9.17) is 5.73 Å². The van der Waals surface area contributed by atoms with Crippen molar-refractivity contribution in [2.45, 2.75) is 20.4 Å². The lowest BCUT2D eigenvalue weighted by molar-refractivity contribution is 0.254. The van der Waals surface area contributed by atoms with Crippen molar-refractivity contribution in [2.75, 3.05) is 0 Å². The fourth-order valence-corrected chi connectivity index (χ4v) is 2.62. The van der Waals surface area contributed by atoms with Gasteiger partial charge < -0.3 is 20.8 Å². The summed E-state index contributed by atoms with van der Waals surface area (Å²) in [5.74, 6) is -0.254. The van der Waals surface area contributed by atoms with Crippen LogP contribution in [-0.2, 0) is 6.54 Å². The molecule has 0 saturated heterocycles. The molecule has 0 spiro atoms. The molecule has 0 radical (unpaired) electrons. The molecule has 0 bridgehead atoms. The van der Waals surface area contributed by atoms with Gasteiger partial charge in [0.2, 0.25) is 7.34 Å². The molecule has 1 amide bonds. The van der Waals surface area contributed by atoms with Crippen molar-refractivity contribution in [3.05, 3.63) is 35.9 Å². The Hall–Kier alpha value is -1.13. The molecule has 0 heterocycles. The maximum absolute atomic E-state index is 11.7. The van der Waals surface area contributed by atoms with Gasteiger partial charge in [0.1, 0.15) is 0 Å². The summed E-state index contributed by atoms with van der Waals surface area (Å²) in [5.41, 5.74) is 5.58. The Labute approximate surface area is 107 Å². The predicted molar refractivity (Wildman–Crippen MR) is 74.1 cm³/mol. The second-order valence-electron chi connectivity index (χ2n) is 4.33. The summed E-state index contributed by atoms with van der Waals surface area (Å²) in [6.07, 6.45) is 0. The first-order chi connectivity index (χ1) is 8.35. The molecule has 1 rings (SSSR count). The van der Waals surface area contributed by atoms with Gasteiger partial charge >= 0.3 is 0 Å². The molecule has 5 nitrogen and oxygen atoms in total. The summed E-state index contributed by atoms with van der Waals surface area (Å²) in [6.45, 7) is 3.66. The second kappa shape index (κ2) is 6.16. The van der Waals surface area contributed by atoms with Crippen LogP contribution in [-0.4, -0.2) is 20.9 Å². The second-order valence-corrected chi connectivity index (χ2v) is 6.45. The number of amides is 1. The Balaban J connectivity index is 2.75. The van der Waals surface area contributed by atoms with Crippen LogP contribution >= 0.6 is 7.34 Å². The first kappa shape index (κ1) is 14.9. The number of nitrogens with two attached hydrogens (primary N) is 1. The normalized spacial score (nSPS) is 11.4. The van der Waals surface area contributed by atoms with Gasteiger partial charge in [0.05, 0.1) is 0 Å². The minimum Gasteiger partial charge on any atom is -0.346 e. The molecule has 0 aliphatic carbocycles. The van der Waals surface area contributed by atoms with Gasteiger partial charge in [-0.2, -0.15) is 0 Å². The van der Waals surface area contributed by atoms with E-state index in [-0.39, 0.29) is 17.9 Å². The zero-order valence-electron chi connectivity index (χ0n) is 10.5. The molecule has 0 aromatic heterocycles. The highest BCUT2D eigenvalue weighted by molar-refractivity contribution is 7.81. The van der Waals surface area contributed by atoms with Crippen LogP contribution in [0, 0.1) is 5.92 Å². The number of carbonyl (C=O) groups is 1. The Morgan fingerprint density at radius 3 is 2.39 bits per heavy atom. The molecule has 5 N–H and O–H groups in total. The van der Waals surface area contributed by atoms with Crippen molar-refractivity contribution in [3.8, 4) is 0 Å². The van der Waals surface area contributed by atoms with Crippen LogP contribution in [0.5, 0.6) is 0 Å². The molecule has 0 aliphatic rings. The van der Waals surface area contributed by atoms with Crippen LogP contribution in [0.2, 0.25) is 0 Å². The van der Waals surface area contributed by atoms with E-state index in [9.17, 15) is 14.6 Å². The van der Waals surface area contributed by atoms with Crippen molar-refractivity contribution in [2.24, 2.45) is 11.7 Å². The fourth-order valence-electron chi connectivity index (χ4n) is 1.36. The maximum Gasteiger partial charge on any atom is 0.294 e. The van der Waals surface area contributed by atoms with E-state index in [2.05, 4.69) is 5.32 Å². The molecule has 6 heteroatoms. The van der Waals surface area contributed by atoms with Gasteiger partial charge in [-0.1, -0.05) is 44.2 Å². The molecule has 0 saturated carbocycles. The quantitative estimate of drug-likeness (QED) is 0.623. The van der Waals surface area contributed by atoms with E-state index >= 15 is 0 Å². The summed E-state index contributed by atoms with van der Waals surface area (Å²) in [7, 11) is -3.87. The molecule has 0 aliphatic heterocycles. The average Bonchev–Trinajstić information content (AvgIpc) is 2.35. The number of rotatable bonds is 4. The molecular formula is C12H19N2O3P. The van der Waals surface area contributed by atoms with E-state index in [1.807, 2.05) is 30.3 Å². The number of hydrogen-bond donors (Lipinski definition) is 4. The minimum atomic E-state index is -3.87. The lowest BCUT2D eigenvalue weighted by Crippen LogP contribution is -2.29. The summed E-state index contributed by atoms with van der Waals surface area (Å²) >= 11 is 0. The molecule has 18 heavy (non-hydrogen) atoms. The lowest BCUT2D eigenvalue weighted by atomic mass is 10.2. The first-order valence-corrected chi connectivity index (χ1v) is 7.35. The number of nitrogens with one attached hydrogen (secondary N) is 1. The number of benzene rings is 1. The molecule has 0 fully saturated rings. The highest BCUT2D eigenvalue weighted by Gasteiger charge is 2.26.